The predicted molar refractivity (Wildman–Crippen MR) is 97.4 cm³/mol. The maximum absolute atomic E-state index is 12.3. The molecule has 0 bridgehead atoms. The number of nitrogens with one attached hydrogen (secondary N) is 1. The first kappa shape index (κ1) is 18.3. The summed E-state index contributed by atoms with van der Waals surface area (Å²) in [6, 6.07) is 20.3. The molecule has 3 rings (SSSR count). The van der Waals surface area contributed by atoms with Crippen molar-refractivity contribution in [3.05, 3.63) is 78.4 Å². The topological polar surface area (TPSA) is 64.4 Å². The van der Waals surface area contributed by atoms with E-state index < -0.39 is 18.0 Å². The SMILES string of the molecule is Nc1cc(C(=O)Nc2ccc(-c3ccccc3)cc2)ccc1OC(F)(F)F. The molecule has 0 atom stereocenters. The smallest absolute Gasteiger partial charge is 0.404 e. The normalized spacial score (nSPS) is 11.1. The van der Waals surface area contributed by atoms with E-state index in [2.05, 4.69) is 10.1 Å². The van der Waals surface area contributed by atoms with Crippen molar-refractivity contribution in [1.82, 2.24) is 0 Å². The van der Waals surface area contributed by atoms with Gasteiger partial charge in [0.1, 0.15) is 0 Å². The standard InChI is InChI=1S/C20H15F3N2O2/c21-20(22,23)27-18-11-8-15(12-17(18)24)19(26)25-16-9-6-14(7-10-16)13-4-2-1-3-5-13/h1-12H,24H2,(H,25,26). The molecule has 0 aliphatic heterocycles. The van der Waals surface area contributed by atoms with E-state index in [1.54, 1.807) is 12.1 Å². The van der Waals surface area contributed by atoms with Gasteiger partial charge in [-0.2, -0.15) is 0 Å². The quantitative estimate of drug-likeness (QED) is 0.627. The Kier molecular flexibility index (Phi) is 5.03. The number of alkyl halides is 3. The first-order chi connectivity index (χ1) is 12.8. The molecule has 0 spiro atoms. The molecular weight excluding hydrogens is 357 g/mol. The summed E-state index contributed by atoms with van der Waals surface area (Å²) in [4.78, 5) is 12.3. The number of anilines is 2. The highest BCUT2D eigenvalue weighted by Gasteiger charge is 2.32. The number of nitrogens with two attached hydrogens (primary N) is 1. The second kappa shape index (κ2) is 7.41. The molecule has 0 aliphatic rings. The van der Waals surface area contributed by atoms with E-state index in [0.717, 1.165) is 23.3 Å². The molecule has 0 aliphatic carbocycles. The van der Waals surface area contributed by atoms with Gasteiger partial charge in [-0.3, -0.25) is 4.79 Å². The number of carbonyl (C=O) groups is 1. The minimum atomic E-state index is -4.85. The van der Waals surface area contributed by atoms with Crippen LogP contribution in [0.15, 0.2) is 72.8 Å². The monoisotopic (exact) mass is 372 g/mol. The van der Waals surface area contributed by atoms with E-state index >= 15 is 0 Å². The van der Waals surface area contributed by atoms with Crippen molar-refractivity contribution in [1.29, 1.82) is 0 Å². The lowest BCUT2D eigenvalue weighted by Gasteiger charge is -2.12. The summed E-state index contributed by atoms with van der Waals surface area (Å²) in [6.07, 6.45) is -4.85. The minimum Gasteiger partial charge on any atom is -0.404 e. The highest BCUT2D eigenvalue weighted by Crippen LogP contribution is 2.29. The molecule has 138 valence electrons. The summed E-state index contributed by atoms with van der Waals surface area (Å²) in [5.41, 5.74) is 7.97. The minimum absolute atomic E-state index is 0.120. The second-order valence-electron chi connectivity index (χ2n) is 5.70. The number of benzene rings is 3. The number of hydrogen-bond acceptors (Lipinski definition) is 3. The first-order valence-electron chi connectivity index (χ1n) is 7.94. The average molecular weight is 372 g/mol. The number of ether oxygens (including phenoxy) is 1. The largest absolute Gasteiger partial charge is 0.573 e. The van der Waals surface area contributed by atoms with E-state index in [9.17, 15) is 18.0 Å². The van der Waals surface area contributed by atoms with Crippen LogP contribution in [-0.2, 0) is 0 Å². The van der Waals surface area contributed by atoms with Gasteiger partial charge in [-0.05, 0) is 41.5 Å². The third-order valence-corrected chi connectivity index (χ3v) is 3.75. The van der Waals surface area contributed by atoms with E-state index in [0.29, 0.717) is 5.69 Å². The molecule has 3 N–H and O–H groups in total. The molecule has 3 aromatic carbocycles. The Balaban J connectivity index is 1.71. The van der Waals surface area contributed by atoms with Gasteiger partial charge in [-0.15, -0.1) is 13.2 Å². The average Bonchev–Trinajstić information content (AvgIpc) is 2.63. The lowest BCUT2D eigenvalue weighted by Crippen LogP contribution is -2.18. The van der Waals surface area contributed by atoms with E-state index in [4.69, 9.17) is 5.73 Å². The van der Waals surface area contributed by atoms with Crippen LogP contribution in [0.1, 0.15) is 10.4 Å². The Morgan fingerprint density at radius 3 is 2.11 bits per heavy atom. The summed E-state index contributed by atoms with van der Waals surface area (Å²) < 4.78 is 40.6. The molecule has 27 heavy (non-hydrogen) atoms. The number of hydrogen-bond donors (Lipinski definition) is 2. The zero-order chi connectivity index (χ0) is 19.4. The Morgan fingerprint density at radius 1 is 0.889 bits per heavy atom. The first-order valence-corrected chi connectivity index (χ1v) is 7.94. The Morgan fingerprint density at radius 2 is 1.52 bits per heavy atom. The summed E-state index contributed by atoms with van der Waals surface area (Å²) in [5.74, 6) is -1.04. The molecular formula is C20H15F3N2O2. The van der Waals surface area contributed by atoms with Gasteiger partial charge in [0.25, 0.3) is 5.91 Å². The maximum Gasteiger partial charge on any atom is 0.573 e. The van der Waals surface area contributed by atoms with E-state index in [1.807, 2.05) is 42.5 Å². The lowest BCUT2D eigenvalue weighted by molar-refractivity contribution is -0.274. The van der Waals surface area contributed by atoms with Crippen molar-refractivity contribution in [3.63, 3.8) is 0 Å². The van der Waals surface area contributed by atoms with Crippen molar-refractivity contribution in [3.8, 4) is 16.9 Å². The highest BCUT2D eigenvalue weighted by molar-refractivity contribution is 6.05. The van der Waals surface area contributed by atoms with Crippen LogP contribution < -0.4 is 15.8 Å². The van der Waals surface area contributed by atoms with Crippen LogP contribution in [0.4, 0.5) is 24.5 Å². The molecule has 0 saturated heterocycles. The van der Waals surface area contributed by atoms with Gasteiger partial charge in [0.2, 0.25) is 0 Å². The van der Waals surface area contributed by atoms with Crippen molar-refractivity contribution >= 4 is 17.3 Å². The number of carbonyl (C=O) groups excluding carboxylic acids is 1. The number of rotatable bonds is 4. The summed E-state index contributed by atoms with van der Waals surface area (Å²) in [6.45, 7) is 0. The van der Waals surface area contributed by atoms with Crippen LogP contribution in [0, 0.1) is 0 Å². The predicted octanol–water partition coefficient (Wildman–Crippen LogP) is 5.09. The Labute approximate surface area is 153 Å². The molecule has 0 heterocycles. The zero-order valence-electron chi connectivity index (χ0n) is 14.0. The van der Waals surface area contributed by atoms with Crippen LogP contribution in [0.5, 0.6) is 5.75 Å². The maximum atomic E-state index is 12.3. The fraction of sp³-hybridized carbons (Fsp3) is 0.0500. The van der Waals surface area contributed by atoms with Gasteiger partial charge in [-0.1, -0.05) is 42.5 Å². The summed E-state index contributed by atoms with van der Waals surface area (Å²) >= 11 is 0. The van der Waals surface area contributed by atoms with Crippen LogP contribution in [0.3, 0.4) is 0 Å². The van der Waals surface area contributed by atoms with Crippen LogP contribution in [0.25, 0.3) is 11.1 Å². The van der Waals surface area contributed by atoms with Gasteiger partial charge in [0, 0.05) is 11.3 Å². The molecule has 7 heteroatoms. The van der Waals surface area contributed by atoms with Crippen LogP contribution in [-0.4, -0.2) is 12.3 Å². The van der Waals surface area contributed by atoms with Gasteiger partial charge >= 0.3 is 6.36 Å². The molecule has 0 saturated carbocycles. The number of amides is 1. The van der Waals surface area contributed by atoms with Crippen LogP contribution >= 0.6 is 0 Å². The van der Waals surface area contributed by atoms with Crippen molar-refractivity contribution in [2.45, 2.75) is 6.36 Å². The van der Waals surface area contributed by atoms with Gasteiger partial charge < -0.3 is 15.8 Å². The molecule has 0 aromatic heterocycles. The highest BCUT2D eigenvalue weighted by atomic mass is 19.4. The van der Waals surface area contributed by atoms with Gasteiger partial charge in [0.05, 0.1) is 5.69 Å². The summed E-state index contributed by atoms with van der Waals surface area (Å²) in [7, 11) is 0. The van der Waals surface area contributed by atoms with Crippen molar-refractivity contribution in [2.75, 3.05) is 11.1 Å². The molecule has 1 amide bonds. The third-order valence-electron chi connectivity index (χ3n) is 3.75. The Bertz CT molecular complexity index is 940. The fourth-order valence-electron chi connectivity index (χ4n) is 2.49. The molecule has 4 nitrogen and oxygen atoms in total. The van der Waals surface area contributed by atoms with Crippen molar-refractivity contribution < 1.29 is 22.7 Å². The Hall–Kier alpha value is -3.48. The molecule has 3 aromatic rings. The zero-order valence-corrected chi connectivity index (χ0v) is 14.0. The van der Waals surface area contributed by atoms with E-state index in [1.165, 1.54) is 6.07 Å². The second-order valence-corrected chi connectivity index (χ2v) is 5.70. The summed E-state index contributed by atoms with van der Waals surface area (Å²) in [5, 5.41) is 2.67. The van der Waals surface area contributed by atoms with Crippen LogP contribution in [0.2, 0.25) is 0 Å². The van der Waals surface area contributed by atoms with Crippen molar-refractivity contribution in [2.24, 2.45) is 0 Å². The molecule has 0 fully saturated rings. The van der Waals surface area contributed by atoms with Gasteiger partial charge in [-0.25, -0.2) is 0 Å². The number of halogens is 3. The number of nitrogen functional groups attached to an aromatic ring is 1. The fourth-order valence-corrected chi connectivity index (χ4v) is 2.49. The van der Waals surface area contributed by atoms with E-state index in [-0.39, 0.29) is 11.3 Å². The molecule has 0 unspecified atom stereocenters. The van der Waals surface area contributed by atoms with Gasteiger partial charge in [0.15, 0.2) is 5.75 Å². The third kappa shape index (κ3) is 4.78. The lowest BCUT2D eigenvalue weighted by atomic mass is 10.1. The molecule has 0 radical (unpaired) electrons.